The number of hydrogen-bond donors (Lipinski definition) is 2. The molecule has 0 aliphatic heterocycles. The highest BCUT2D eigenvalue weighted by molar-refractivity contribution is 5.80. The molecule has 5 nitrogen and oxygen atoms in total. The van der Waals surface area contributed by atoms with Crippen molar-refractivity contribution in [3.63, 3.8) is 0 Å². The van der Waals surface area contributed by atoms with Gasteiger partial charge in [-0.1, -0.05) is 12.1 Å². The molecular weight excluding hydrogens is 249 g/mol. The molecule has 0 bridgehead atoms. The van der Waals surface area contributed by atoms with Crippen LogP contribution >= 0.6 is 0 Å². The maximum atomic E-state index is 12.8. The van der Waals surface area contributed by atoms with Crippen LogP contribution in [0.15, 0.2) is 24.3 Å². The number of halogens is 3. The topological polar surface area (TPSA) is 72.9 Å². The molecule has 0 saturated heterocycles. The number of rotatable bonds is 2. The number of carbonyl (C=O) groups excluding carboxylic acids is 1. The number of nitrogens with zero attached hydrogens (tertiary/aromatic N) is 2. The van der Waals surface area contributed by atoms with Crippen LogP contribution in [0.4, 0.5) is 13.2 Å². The first kappa shape index (κ1) is 12.4. The van der Waals surface area contributed by atoms with E-state index < -0.39 is 24.5 Å². The Kier molecular flexibility index (Phi) is 2.95. The van der Waals surface area contributed by atoms with Crippen molar-refractivity contribution in [2.45, 2.75) is 12.7 Å². The Hall–Kier alpha value is -2.09. The number of alkyl halides is 3. The van der Waals surface area contributed by atoms with Gasteiger partial charge in [0.2, 0.25) is 5.82 Å². The van der Waals surface area contributed by atoms with Gasteiger partial charge >= 0.3 is 6.18 Å². The summed E-state index contributed by atoms with van der Waals surface area (Å²) in [4.78, 5) is 14.6. The molecule has 96 valence electrons. The maximum absolute atomic E-state index is 12.8. The average molecular weight is 258 g/mol. The molecule has 0 fully saturated rings. The lowest BCUT2D eigenvalue weighted by Crippen LogP contribution is -2.34. The van der Waals surface area contributed by atoms with Crippen LogP contribution in [0.1, 0.15) is 5.82 Å². The summed E-state index contributed by atoms with van der Waals surface area (Å²) in [5, 5.41) is 0. The monoisotopic (exact) mass is 258 g/mol. The van der Waals surface area contributed by atoms with Crippen molar-refractivity contribution in [3.8, 4) is 0 Å². The lowest BCUT2D eigenvalue weighted by molar-refractivity contribution is -0.147. The Morgan fingerprint density at radius 2 is 2.06 bits per heavy atom. The number of aromatic nitrogens is 2. The molecule has 18 heavy (non-hydrogen) atoms. The Balaban J connectivity index is 2.62. The second-order valence-electron chi connectivity index (χ2n) is 3.58. The minimum atomic E-state index is -4.63. The summed E-state index contributed by atoms with van der Waals surface area (Å²) in [7, 11) is 0. The molecule has 0 spiro atoms. The van der Waals surface area contributed by atoms with Crippen LogP contribution in [0.5, 0.6) is 0 Å². The highest BCUT2D eigenvalue weighted by atomic mass is 19.4. The summed E-state index contributed by atoms with van der Waals surface area (Å²) in [5.41, 5.74) is 2.20. The molecule has 1 aromatic heterocycles. The molecule has 2 rings (SSSR count). The second kappa shape index (κ2) is 4.30. The maximum Gasteiger partial charge on any atom is 0.449 e. The van der Waals surface area contributed by atoms with Crippen LogP contribution in [0.2, 0.25) is 0 Å². The van der Waals surface area contributed by atoms with Gasteiger partial charge in [-0.05, 0) is 12.1 Å². The van der Waals surface area contributed by atoms with Crippen LogP contribution in [0.3, 0.4) is 0 Å². The van der Waals surface area contributed by atoms with E-state index in [-0.39, 0.29) is 11.0 Å². The Morgan fingerprint density at radius 1 is 1.39 bits per heavy atom. The van der Waals surface area contributed by atoms with E-state index in [2.05, 4.69) is 4.98 Å². The number of hydrazine groups is 1. The first-order valence-corrected chi connectivity index (χ1v) is 4.95. The van der Waals surface area contributed by atoms with Crippen molar-refractivity contribution < 1.29 is 18.0 Å². The molecule has 2 aromatic rings. The highest BCUT2D eigenvalue weighted by Gasteiger charge is 2.37. The molecule has 0 aliphatic carbocycles. The summed E-state index contributed by atoms with van der Waals surface area (Å²) >= 11 is 0. The summed E-state index contributed by atoms with van der Waals surface area (Å²) in [6.45, 7) is -0.536. The SMILES string of the molecule is NNC(=O)Cn1c(C(F)(F)F)nc2ccccc21. The van der Waals surface area contributed by atoms with Crippen LogP contribution in [0.25, 0.3) is 11.0 Å². The number of imidazole rings is 1. The fourth-order valence-corrected chi connectivity index (χ4v) is 1.64. The van der Waals surface area contributed by atoms with E-state index in [4.69, 9.17) is 5.84 Å². The van der Waals surface area contributed by atoms with E-state index in [1.165, 1.54) is 12.1 Å². The van der Waals surface area contributed by atoms with Crippen molar-refractivity contribution in [1.82, 2.24) is 15.0 Å². The second-order valence-corrected chi connectivity index (χ2v) is 3.58. The molecule has 0 saturated carbocycles. The van der Waals surface area contributed by atoms with Crippen LogP contribution in [-0.2, 0) is 17.5 Å². The van der Waals surface area contributed by atoms with Gasteiger partial charge in [0.25, 0.3) is 5.91 Å². The third-order valence-electron chi connectivity index (χ3n) is 2.37. The van der Waals surface area contributed by atoms with Crippen LogP contribution in [0, 0.1) is 0 Å². The van der Waals surface area contributed by atoms with E-state index in [1.807, 2.05) is 0 Å². The minimum absolute atomic E-state index is 0.176. The molecule has 0 unspecified atom stereocenters. The smallest absolute Gasteiger partial charge is 0.311 e. The van der Waals surface area contributed by atoms with Crippen molar-refractivity contribution >= 4 is 16.9 Å². The van der Waals surface area contributed by atoms with Crippen LogP contribution in [-0.4, -0.2) is 15.5 Å². The Morgan fingerprint density at radius 3 is 2.67 bits per heavy atom. The van der Waals surface area contributed by atoms with Gasteiger partial charge in [0.05, 0.1) is 11.0 Å². The molecule has 1 aromatic carbocycles. The number of hydrogen-bond acceptors (Lipinski definition) is 3. The standard InChI is InChI=1S/C10H9F3N4O/c11-10(12,13)9-15-6-3-1-2-4-7(6)17(9)5-8(18)16-14/h1-4H,5,14H2,(H,16,18). The molecule has 0 radical (unpaired) electrons. The van der Waals surface area contributed by atoms with Crippen LogP contribution < -0.4 is 11.3 Å². The van der Waals surface area contributed by atoms with E-state index in [1.54, 1.807) is 17.6 Å². The quantitative estimate of drug-likeness (QED) is 0.480. The van der Waals surface area contributed by atoms with Crippen molar-refractivity contribution in [3.05, 3.63) is 30.1 Å². The molecule has 0 aliphatic rings. The summed E-state index contributed by atoms with van der Waals surface area (Å²) in [6.07, 6.45) is -4.63. The van der Waals surface area contributed by atoms with E-state index >= 15 is 0 Å². The zero-order valence-electron chi connectivity index (χ0n) is 9.03. The molecular formula is C10H9F3N4O. The average Bonchev–Trinajstić information content (AvgIpc) is 2.68. The molecule has 1 amide bonds. The zero-order chi connectivity index (χ0) is 13.3. The van der Waals surface area contributed by atoms with Gasteiger partial charge in [0.1, 0.15) is 6.54 Å². The molecule has 0 atom stereocenters. The summed E-state index contributed by atoms with van der Waals surface area (Å²) in [5.74, 6) is 3.03. The van der Waals surface area contributed by atoms with Gasteiger partial charge in [-0.2, -0.15) is 13.2 Å². The normalized spacial score (nSPS) is 11.8. The molecule has 3 N–H and O–H groups in total. The number of nitrogens with two attached hydrogens (primary N) is 1. The van der Waals surface area contributed by atoms with Gasteiger partial charge in [0.15, 0.2) is 0 Å². The zero-order valence-corrected chi connectivity index (χ0v) is 9.03. The molecule has 1 heterocycles. The fourth-order valence-electron chi connectivity index (χ4n) is 1.64. The first-order chi connectivity index (χ1) is 8.43. The lowest BCUT2D eigenvalue weighted by atomic mass is 10.3. The van der Waals surface area contributed by atoms with Crippen molar-refractivity contribution in [2.24, 2.45) is 5.84 Å². The summed E-state index contributed by atoms with van der Waals surface area (Å²) < 4.78 is 39.2. The largest absolute Gasteiger partial charge is 0.449 e. The van der Waals surface area contributed by atoms with E-state index in [0.717, 1.165) is 4.57 Å². The number of fused-ring (bicyclic) bond motifs is 1. The third kappa shape index (κ3) is 2.14. The van der Waals surface area contributed by atoms with Gasteiger partial charge in [0, 0.05) is 0 Å². The Bertz CT molecular complexity index is 590. The van der Waals surface area contributed by atoms with E-state index in [0.29, 0.717) is 0 Å². The lowest BCUT2D eigenvalue weighted by Gasteiger charge is -2.10. The Labute approximate surface area is 99.4 Å². The predicted molar refractivity (Wildman–Crippen MR) is 57.1 cm³/mol. The number of carbonyl (C=O) groups is 1. The number of para-hydroxylation sites is 2. The fraction of sp³-hybridized carbons (Fsp3) is 0.200. The summed E-state index contributed by atoms with van der Waals surface area (Å²) in [6, 6.07) is 6.05. The number of benzene rings is 1. The van der Waals surface area contributed by atoms with Gasteiger partial charge < -0.3 is 4.57 Å². The predicted octanol–water partition coefficient (Wildman–Crippen LogP) is 1.04. The first-order valence-electron chi connectivity index (χ1n) is 4.95. The third-order valence-corrected chi connectivity index (χ3v) is 2.37. The van der Waals surface area contributed by atoms with E-state index in [9.17, 15) is 18.0 Å². The van der Waals surface area contributed by atoms with Crippen molar-refractivity contribution in [1.29, 1.82) is 0 Å². The minimum Gasteiger partial charge on any atom is -0.311 e. The number of amides is 1. The number of nitrogens with one attached hydrogen (secondary N) is 1. The van der Waals surface area contributed by atoms with Gasteiger partial charge in [-0.15, -0.1) is 0 Å². The van der Waals surface area contributed by atoms with Gasteiger partial charge in [-0.3, -0.25) is 10.2 Å². The van der Waals surface area contributed by atoms with Crippen molar-refractivity contribution in [2.75, 3.05) is 0 Å². The molecule has 8 heteroatoms. The van der Waals surface area contributed by atoms with Gasteiger partial charge in [-0.25, -0.2) is 10.8 Å². The highest BCUT2D eigenvalue weighted by Crippen LogP contribution is 2.31.